The number of carbonyl (C=O) groups is 1. The topological polar surface area (TPSA) is 149 Å². The molecule has 0 bridgehead atoms. The second kappa shape index (κ2) is 35.1. The van der Waals surface area contributed by atoms with Gasteiger partial charge in [-0.15, -0.1) is 0 Å². The minimum atomic E-state index is -1.56. The number of hydrogen-bond donors (Lipinski definition) is 6. The number of allylic oxidation sites excluding steroid dienone is 4. The Kier molecular flexibility index (Phi) is 32.9. The van der Waals surface area contributed by atoms with Gasteiger partial charge in [-0.25, -0.2) is 0 Å². The van der Waals surface area contributed by atoms with E-state index in [0.717, 1.165) is 44.9 Å². The van der Waals surface area contributed by atoms with Crippen molar-refractivity contribution in [3.8, 4) is 0 Å². The van der Waals surface area contributed by atoms with Crippen LogP contribution in [-0.2, 0) is 14.3 Å². The fourth-order valence-corrected chi connectivity index (χ4v) is 6.91. The highest BCUT2D eigenvalue weighted by Crippen LogP contribution is 2.23. The van der Waals surface area contributed by atoms with Crippen LogP contribution < -0.4 is 5.32 Å². The van der Waals surface area contributed by atoms with Crippen molar-refractivity contribution in [2.24, 2.45) is 0 Å². The molecule has 6 N–H and O–H groups in total. The van der Waals surface area contributed by atoms with Crippen molar-refractivity contribution in [2.45, 2.75) is 236 Å². The highest BCUT2D eigenvalue weighted by molar-refractivity contribution is 5.76. The van der Waals surface area contributed by atoms with Gasteiger partial charge in [-0.3, -0.25) is 4.79 Å². The zero-order chi connectivity index (χ0) is 38.8. The monoisotopic (exact) mass is 754 g/mol. The van der Waals surface area contributed by atoms with Crippen molar-refractivity contribution in [2.75, 3.05) is 13.2 Å². The van der Waals surface area contributed by atoms with Gasteiger partial charge >= 0.3 is 0 Å². The van der Waals surface area contributed by atoms with Crippen LogP contribution in [0.5, 0.6) is 0 Å². The summed E-state index contributed by atoms with van der Waals surface area (Å²) in [6.07, 6.45) is 33.3. The second-order valence-corrected chi connectivity index (χ2v) is 15.5. The van der Waals surface area contributed by atoms with E-state index in [-0.39, 0.29) is 12.5 Å². The molecule has 1 heterocycles. The maximum atomic E-state index is 12.9. The highest BCUT2D eigenvalue weighted by atomic mass is 16.7. The van der Waals surface area contributed by atoms with E-state index in [4.69, 9.17) is 9.47 Å². The third-order valence-electron chi connectivity index (χ3n) is 10.5. The number of carbonyl (C=O) groups excluding carboxylic acids is 1. The summed E-state index contributed by atoms with van der Waals surface area (Å²) in [7, 11) is 0. The molecule has 9 nitrogen and oxygen atoms in total. The van der Waals surface area contributed by atoms with Crippen LogP contribution in [-0.4, -0.2) is 87.5 Å². The van der Waals surface area contributed by atoms with Crippen LogP contribution in [0, 0.1) is 0 Å². The number of amides is 1. The molecular weight excluding hydrogens is 670 g/mol. The lowest BCUT2D eigenvalue weighted by Gasteiger charge is -2.40. The van der Waals surface area contributed by atoms with E-state index in [1.165, 1.54) is 122 Å². The van der Waals surface area contributed by atoms with E-state index in [2.05, 4.69) is 43.5 Å². The third kappa shape index (κ3) is 26.2. The van der Waals surface area contributed by atoms with Gasteiger partial charge < -0.3 is 40.3 Å². The molecule has 1 aliphatic rings. The Morgan fingerprint density at radius 1 is 0.623 bits per heavy atom. The molecule has 1 aliphatic heterocycles. The van der Waals surface area contributed by atoms with Crippen LogP contribution in [0.15, 0.2) is 24.3 Å². The number of unbranched alkanes of at least 4 members (excludes halogenated alkanes) is 22. The molecule has 0 radical (unpaired) electrons. The zero-order valence-corrected chi connectivity index (χ0v) is 34.0. The summed E-state index contributed by atoms with van der Waals surface area (Å²) >= 11 is 0. The first kappa shape index (κ1) is 49.7. The minimum absolute atomic E-state index is 0.150. The van der Waals surface area contributed by atoms with E-state index >= 15 is 0 Å². The Hall–Kier alpha value is -1.33. The van der Waals surface area contributed by atoms with Crippen LogP contribution in [0.4, 0.5) is 0 Å². The molecule has 0 spiro atoms. The Morgan fingerprint density at radius 2 is 1.06 bits per heavy atom. The van der Waals surface area contributed by atoms with Gasteiger partial charge in [0.15, 0.2) is 6.29 Å². The van der Waals surface area contributed by atoms with E-state index < -0.39 is 49.5 Å². The Balaban J connectivity index is 2.32. The average molecular weight is 754 g/mol. The molecule has 0 saturated carbocycles. The van der Waals surface area contributed by atoms with Crippen molar-refractivity contribution in [3.05, 3.63) is 24.3 Å². The minimum Gasteiger partial charge on any atom is -0.394 e. The Labute approximate surface area is 324 Å². The van der Waals surface area contributed by atoms with Crippen LogP contribution in [0.25, 0.3) is 0 Å². The Morgan fingerprint density at radius 3 is 1.53 bits per heavy atom. The molecule has 0 aromatic heterocycles. The van der Waals surface area contributed by atoms with Gasteiger partial charge in [0.05, 0.1) is 25.4 Å². The van der Waals surface area contributed by atoms with Crippen LogP contribution in [0.3, 0.4) is 0 Å². The normalized spacial score (nSPS) is 21.8. The lowest BCUT2D eigenvalue weighted by molar-refractivity contribution is -0.302. The molecular formula is C44H83NO8. The quantitative estimate of drug-likeness (QED) is 0.0275. The van der Waals surface area contributed by atoms with Crippen molar-refractivity contribution < 1.29 is 39.8 Å². The lowest BCUT2D eigenvalue weighted by Crippen LogP contribution is -2.60. The SMILES string of the molecule is CCCCCCC/C=C/CCCC[C@@H](O)[C@H](CO[C@H]1O[C@@H](CO)[C@H](O)C(O)C1O)NC(=O)CCCCCCCCCCC/C=C/CCCCCCCC. The third-order valence-corrected chi connectivity index (χ3v) is 10.5. The van der Waals surface area contributed by atoms with E-state index in [1.54, 1.807) is 0 Å². The summed E-state index contributed by atoms with van der Waals surface area (Å²) in [6, 6.07) is -0.732. The first-order valence-electron chi connectivity index (χ1n) is 22.0. The highest BCUT2D eigenvalue weighted by Gasteiger charge is 2.44. The zero-order valence-electron chi connectivity index (χ0n) is 34.0. The fourth-order valence-electron chi connectivity index (χ4n) is 6.91. The van der Waals surface area contributed by atoms with Crippen molar-refractivity contribution in [1.82, 2.24) is 5.32 Å². The predicted molar refractivity (Wildman–Crippen MR) is 217 cm³/mol. The second-order valence-electron chi connectivity index (χ2n) is 15.5. The van der Waals surface area contributed by atoms with Gasteiger partial charge in [0.2, 0.25) is 5.91 Å². The number of ether oxygens (including phenoxy) is 2. The molecule has 9 heteroatoms. The molecule has 0 aromatic rings. The van der Waals surface area contributed by atoms with Crippen LogP contribution >= 0.6 is 0 Å². The summed E-state index contributed by atoms with van der Waals surface area (Å²) in [5.41, 5.74) is 0. The number of aliphatic hydroxyl groups is 5. The number of rotatable bonds is 36. The van der Waals surface area contributed by atoms with Crippen molar-refractivity contribution in [3.63, 3.8) is 0 Å². The van der Waals surface area contributed by atoms with Crippen molar-refractivity contribution >= 4 is 5.91 Å². The summed E-state index contributed by atoms with van der Waals surface area (Å²) in [5, 5.41) is 54.2. The maximum absolute atomic E-state index is 12.9. The van der Waals surface area contributed by atoms with Gasteiger partial charge in [0.1, 0.15) is 24.4 Å². The summed E-state index contributed by atoms with van der Waals surface area (Å²) in [4.78, 5) is 12.9. The fraction of sp³-hybridized carbons (Fsp3) is 0.886. The molecule has 1 amide bonds. The molecule has 1 saturated heterocycles. The van der Waals surface area contributed by atoms with Gasteiger partial charge in [0, 0.05) is 6.42 Å². The average Bonchev–Trinajstić information content (AvgIpc) is 3.16. The van der Waals surface area contributed by atoms with Gasteiger partial charge in [-0.2, -0.15) is 0 Å². The number of nitrogens with one attached hydrogen (secondary N) is 1. The largest absolute Gasteiger partial charge is 0.394 e. The van der Waals surface area contributed by atoms with Crippen molar-refractivity contribution in [1.29, 1.82) is 0 Å². The van der Waals surface area contributed by atoms with E-state index in [0.29, 0.717) is 12.8 Å². The molecule has 0 aromatic carbocycles. The summed E-state index contributed by atoms with van der Waals surface area (Å²) in [5.74, 6) is -0.158. The smallest absolute Gasteiger partial charge is 0.220 e. The number of aliphatic hydroxyl groups excluding tert-OH is 5. The van der Waals surface area contributed by atoms with Gasteiger partial charge in [-0.1, -0.05) is 147 Å². The first-order chi connectivity index (χ1) is 25.8. The maximum Gasteiger partial charge on any atom is 0.220 e. The first-order valence-corrected chi connectivity index (χ1v) is 22.0. The number of hydrogen-bond acceptors (Lipinski definition) is 8. The predicted octanol–water partition coefficient (Wildman–Crippen LogP) is 8.72. The molecule has 2 unspecified atom stereocenters. The molecule has 312 valence electrons. The Bertz CT molecular complexity index is 883. The lowest BCUT2D eigenvalue weighted by atomic mass is 9.99. The molecule has 1 fully saturated rings. The molecule has 7 atom stereocenters. The summed E-state index contributed by atoms with van der Waals surface area (Å²) in [6.45, 7) is 3.78. The van der Waals surface area contributed by atoms with E-state index in [9.17, 15) is 30.3 Å². The van der Waals surface area contributed by atoms with Crippen LogP contribution in [0.1, 0.15) is 194 Å². The van der Waals surface area contributed by atoms with Gasteiger partial charge in [-0.05, 0) is 64.2 Å². The van der Waals surface area contributed by atoms with Gasteiger partial charge in [0.25, 0.3) is 0 Å². The van der Waals surface area contributed by atoms with E-state index in [1.807, 2.05) is 0 Å². The summed E-state index contributed by atoms with van der Waals surface area (Å²) < 4.78 is 11.2. The standard InChI is InChI=1S/C44H83NO8/c1-3-5-7-9-11-13-15-16-17-18-19-20-21-22-24-26-28-30-32-34-40(48)45-37(36-52-44-43(51)42(50)41(49)39(35-46)53-44)38(47)33-31-29-27-25-23-14-12-10-8-6-4-2/h16-17,23,25,37-39,41-44,46-47,49-51H,3-15,18-22,24,26-36H2,1-2H3,(H,45,48)/b17-16+,25-23+/t37-,38+,39-,41-,42?,43?,44-/m0/s1. The molecule has 53 heavy (non-hydrogen) atoms. The molecule has 0 aliphatic carbocycles. The molecule has 1 rings (SSSR count). The van der Waals surface area contributed by atoms with Crippen LogP contribution in [0.2, 0.25) is 0 Å².